The van der Waals surface area contributed by atoms with Gasteiger partial charge in [-0.05, 0) is 141 Å². The zero-order valence-corrected chi connectivity index (χ0v) is 35.8. The van der Waals surface area contributed by atoms with Crippen LogP contribution in [0.25, 0.3) is 98.7 Å². The van der Waals surface area contributed by atoms with Crippen LogP contribution in [-0.4, -0.2) is 0 Å². The SMILES string of the molecule is c1ccc(-c2c(-c3ccccc3)c3cc(-c4ccc(N(c5ccc(-c6cccc7ccccc67)cc5)c5ccc(-c6cccc7ccccc67)cc5)cc4)ccc3c3ccccc23)cc1. The van der Waals surface area contributed by atoms with Crippen molar-refractivity contribution in [1.29, 1.82) is 0 Å². The zero-order valence-electron chi connectivity index (χ0n) is 35.8. The zero-order chi connectivity index (χ0) is 43.1. The molecule has 0 bridgehead atoms. The Morgan fingerprint density at radius 3 is 1.08 bits per heavy atom. The lowest BCUT2D eigenvalue weighted by molar-refractivity contribution is 1.28. The van der Waals surface area contributed by atoms with Gasteiger partial charge in [-0.1, -0.05) is 218 Å². The molecule has 0 aromatic heterocycles. The van der Waals surface area contributed by atoms with Crippen molar-refractivity contribution in [2.24, 2.45) is 0 Å². The summed E-state index contributed by atoms with van der Waals surface area (Å²) in [6.07, 6.45) is 0. The highest BCUT2D eigenvalue weighted by Gasteiger charge is 2.19. The van der Waals surface area contributed by atoms with E-state index in [-0.39, 0.29) is 0 Å². The van der Waals surface area contributed by atoms with Gasteiger partial charge in [0.2, 0.25) is 0 Å². The van der Waals surface area contributed by atoms with Gasteiger partial charge in [0, 0.05) is 17.1 Å². The van der Waals surface area contributed by atoms with Gasteiger partial charge in [-0.3, -0.25) is 0 Å². The average Bonchev–Trinajstić information content (AvgIpc) is 3.39. The Bertz CT molecular complexity index is 3530. The van der Waals surface area contributed by atoms with E-state index in [0.29, 0.717) is 0 Å². The normalized spacial score (nSPS) is 11.4. The Hall–Kier alpha value is -8.52. The Kier molecular flexibility index (Phi) is 9.58. The van der Waals surface area contributed by atoms with Crippen LogP contribution in [0, 0.1) is 0 Å². The van der Waals surface area contributed by atoms with E-state index in [0.717, 1.165) is 17.1 Å². The highest BCUT2D eigenvalue weighted by atomic mass is 15.1. The number of benzene rings is 12. The molecule has 0 spiro atoms. The van der Waals surface area contributed by atoms with E-state index in [1.807, 2.05) is 0 Å². The van der Waals surface area contributed by atoms with E-state index in [2.05, 4.69) is 266 Å². The minimum absolute atomic E-state index is 1.09. The second-order valence-electron chi connectivity index (χ2n) is 16.8. The minimum atomic E-state index is 1.09. The Morgan fingerprint density at radius 2 is 0.569 bits per heavy atom. The second kappa shape index (κ2) is 16.3. The summed E-state index contributed by atoms with van der Waals surface area (Å²) in [7, 11) is 0. The third-order valence-corrected chi connectivity index (χ3v) is 13.1. The standard InChI is InChI=1S/C64H43N/c1-3-17-49(18-4-1)63-61-26-12-11-25-59(61)60-42-35-51(43-62(60)64(63)50-19-5-2-6-20-50)44-29-36-52(37-30-44)65(53-38-31-47(32-39-53)57-27-13-21-45-15-7-9-23-55(45)57)54-40-33-48(34-41-54)58-28-14-22-46-16-8-10-24-56(46)58/h1-43H. The lowest BCUT2D eigenvalue weighted by atomic mass is 9.84. The first kappa shape index (κ1) is 38.2. The number of anilines is 3. The molecule has 0 radical (unpaired) electrons. The lowest BCUT2D eigenvalue weighted by Crippen LogP contribution is -2.09. The Labute approximate surface area is 379 Å². The molecule has 65 heavy (non-hydrogen) atoms. The summed E-state index contributed by atoms with van der Waals surface area (Å²) in [5, 5.41) is 10.0. The molecule has 1 nitrogen and oxygen atoms in total. The topological polar surface area (TPSA) is 3.24 Å². The highest BCUT2D eigenvalue weighted by molar-refractivity contribution is 6.22. The van der Waals surface area contributed by atoms with E-state index in [9.17, 15) is 0 Å². The van der Waals surface area contributed by atoms with Crippen LogP contribution in [0.1, 0.15) is 0 Å². The number of fused-ring (bicyclic) bond motifs is 5. The van der Waals surface area contributed by atoms with Gasteiger partial charge < -0.3 is 4.90 Å². The number of nitrogens with zero attached hydrogens (tertiary/aromatic N) is 1. The molecule has 0 aliphatic rings. The van der Waals surface area contributed by atoms with Gasteiger partial charge >= 0.3 is 0 Å². The molecule has 0 heterocycles. The van der Waals surface area contributed by atoms with Crippen molar-refractivity contribution in [3.05, 3.63) is 261 Å². The van der Waals surface area contributed by atoms with E-state index >= 15 is 0 Å². The minimum Gasteiger partial charge on any atom is -0.311 e. The summed E-state index contributed by atoms with van der Waals surface area (Å²) in [5.41, 5.74) is 15.4. The maximum absolute atomic E-state index is 2.40. The predicted octanol–water partition coefficient (Wildman–Crippen LogP) is 18.1. The fourth-order valence-electron chi connectivity index (χ4n) is 9.96. The summed E-state index contributed by atoms with van der Waals surface area (Å²) in [6.45, 7) is 0. The van der Waals surface area contributed by atoms with Gasteiger partial charge in [0.15, 0.2) is 0 Å². The van der Waals surface area contributed by atoms with Crippen LogP contribution < -0.4 is 4.90 Å². The van der Waals surface area contributed by atoms with E-state index < -0.39 is 0 Å². The summed E-state index contributed by atoms with van der Waals surface area (Å²) >= 11 is 0. The molecule has 0 saturated heterocycles. The van der Waals surface area contributed by atoms with Gasteiger partial charge in [0.05, 0.1) is 0 Å². The van der Waals surface area contributed by atoms with E-state index in [1.165, 1.54) is 98.7 Å². The van der Waals surface area contributed by atoms with Crippen LogP contribution in [0.4, 0.5) is 17.1 Å². The van der Waals surface area contributed by atoms with Crippen molar-refractivity contribution in [2.75, 3.05) is 4.90 Å². The van der Waals surface area contributed by atoms with E-state index in [4.69, 9.17) is 0 Å². The fraction of sp³-hybridized carbons (Fsp3) is 0. The molecule has 0 unspecified atom stereocenters. The summed E-state index contributed by atoms with van der Waals surface area (Å²) in [4.78, 5) is 2.37. The Morgan fingerprint density at radius 1 is 0.200 bits per heavy atom. The first-order chi connectivity index (χ1) is 32.2. The first-order valence-corrected chi connectivity index (χ1v) is 22.4. The van der Waals surface area contributed by atoms with Crippen LogP contribution in [0.5, 0.6) is 0 Å². The van der Waals surface area contributed by atoms with Crippen LogP contribution in [0.2, 0.25) is 0 Å². The quantitative estimate of drug-likeness (QED) is 0.138. The first-order valence-electron chi connectivity index (χ1n) is 22.4. The summed E-state index contributed by atoms with van der Waals surface area (Å²) in [6, 6.07) is 95.2. The number of rotatable bonds is 8. The molecule has 12 aromatic rings. The molecule has 0 atom stereocenters. The van der Waals surface area contributed by atoms with Crippen molar-refractivity contribution < 1.29 is 0 Å². The van der Waals surface area contributed by atoms with Crippen molar-refractivity contribution in [2.45, 2.75) is 0 Å². The molecule has 12 aromatic carbocycles. The third kappa shape index (κ3) is 6.92. The molecule has 0 fully saturated rings. The van der Waals surface area contributed by atoms with Crippen LogP contribution in [0.3, 0.4) is 0 Å². The molecule has 12 rings (SSSR count). The van der Waals surface area contributed by atoms with Crippen LogP contribution in [0.15, 0.2) is 261 Å². The largest absolute Gasteiger partial charge is 0.311 e. The monoisotopic (exact) mass is 825 g/mol. The van der Waals surface area contributed by atoms with Gasteiger partial charge in [-0.15, -0.1) is 0 Å². The van der Waals surface area contributed by atoms with Crippen molar-refractivity contribution in [3.63, 3.8) is 0 Å². The smallest absolute Gasteiger partial charge is 0.0462 e. The van der Waals surface area contributed by atoms with Crippen LogP contribution in [-0.2, 0) is 0 Å². The van der Waals surface area contributed by atoms with Gasteiger partial charge in [-0.25, -0.2) is 0 Å². The maximum atomic E-state index is 2.40. The molecule has 0 saturated carbocycles. The molecule has 304 valence electrons. The molecular formula is C64H43N. The van der Waals surface area contributed by atoms with Gasteiger partial charge in [-0.2, -0.15) is 0 Å². The Balaban J connectivity index is 0.975. The van der Waals surface area contributed by atoms with Crippen molar-refractivity contribution in [3.8, 4) is 55.6 Å². The summed E-state index contributed by atoms with van der Waals surface area (Å²) in [5.74, 6) is 0. The predicted molar refractivity (Wildman–Crippen MR) is 278 cm³/mol. The van der Waals surface area contributed by atoms with Crippen LogP contribution >= 0.6 is 0 Å². The van der Waals surface area contributed by atoms with Gasteiger partial charge in [0.25, 0.3) is 0 Å². The fourth-order valence-corrected chi connectivity index (χ4v) is 9.96. The third-order valence-electron chi connectivity index (χ3n) is 13.1. The number of hydrogen-bond donors (Lipinski definition) is 0. The molecule has 0 N–H and O–H groups in total. The maximum Gasteiger partial charge on any atom is 0.0462 e. The molecule has 0 aliphatic carbocycles. The van der Waals surface area contributed by atoms with Gasteiger partial charge in [0.1, 0.15) is 0 Å². The average molecular weight is 826 g/mol. The lowest BCUT2D eigenvalue weighted by Gasteiger charge is -2.26. The van der Waals surface area contributed by atoms with Crippen molar-refractivity contribution in [1.82, 2.24) is 0 Å². The molecule has 0 amide bonds. The number of hydrogen-bond acceptors (Lipinski definition) is 1. The summed E-state index contributed by atoms with van der Waals surface area (Å²) < 4.78 is 0. The van der Waals surface area contributed by atoms with Crippen molar-refractivity contribution >= 4 is 60.2 Å². The second-order valence-corrected chi connectivity index (χ2v) is 16.8. The molecule has 0 aliphatic heterocycles. The molecular weight excluding hydrogens is 783 g/mol. The van der Waals surface area contributed by atoms with E-state index in [1.54, 1.807) is 0 Å². The molecule has 1 heteroatoms. The highest BCUT2D eigenvalue weighted by Crippen LogP contribution is 2.46.